The summed E-state index contributed by atoms with van der Waals surface area (Å²) >= 11 is 7.06. The Labute approximate surface area is 136 Å². The standard InChI is InChI=1S/C15H16Br2N2O/c1-10(13-4-3-12(16)8-14(13)17)19-9-11-5-6-18-15(7-11)20-2/h3-8,10,19H,9H2,1-2H3. The smallest absolute Gasteiger partial charge is 0.213 e. The number of hydrogen-bond acceptors (Lipinski definition) is 3. The third-order valence-corrected chi connectivity index (χ3v) is 4.23. The molecule has 0 bridgehead atoms. The van der Waals surface area contributed by atoms with Gasteiger partial charge in [-0.15, -0.1) is 0 Å². The van der Waals surface area contributed by atoms with E-state index < -0.39 is 0 Å². The van der Waals surface area contributed by atoms with E-state index in [-0.39, 0.29) is 6.04 Å². The molecule has 1 N–H and O–H groups in total. The van der Waals surface area contributed by atoms with Crippen molar-refractivity contribution in [2.24, 2.45) is 0 Å². The fourth-order valence-corrected chi connectivity index (χ4v) is 3.30. The first-order valence-electron chi connectivity index (χ1n) is 6.27. The minimum absolute atomic E-state index is 0.247. The van der Waals surface area contributed by atoms with Gasteiger partial charge in [-0.2, -0.15) is 0 Å². The van der Waals surface area contributed by atoms with Gasteiger partial charge in [-0.1, -0.05) is 37.9 Å². The largest absolute Gasteiger partial charge is 0.481 e. The van der Waals surface area contributed by atoms with Gasteiger partial charge in [0.25, 0.3) is 0 Å². The number of aromatic nitrogens is 1. The summed E-state index contributed by atoms with van der Waals surface area (Å²) in [6.07, 6.45) is 1.76. The van der Waals surface area contributed by atoms with Gasteiger partial charge >= 0.3 is 0 Å². The lowest BCUT2D eigenvalue weighted by atomic mass is 10.1. The molecule has 0 spiro atoms. The van der Waals surface area contributed by atoms with Crippen LogP contribution in [-0.2, 0) is 6.54 Å². The van der Waals surface area contributed by atoms with Crippen molar-refractivity contribution in [2.75, 3.05) is 7.11 Å². The minimum atomic E-state index is 0.247. The Morgan fingerprint density at radius 1 is 1.25 bits per heavy atom. The number of ether oxygens (including phenoxy) is 1. The molecular weight excluding hydrogens is 384 g/mol. The molecule has 3 nitrogen and oxygen atoms in total. The van der Waals surface area contributed by atoms with Crippen molar-refractivity contribution in [1.29, 1.82) is 0 Å². The van der Waals surface area contributed by atoms with Crippen LogP contribution in [0.3, 0.4) is 0 Å². The first-order chi connectivity index (χ1) is 9.60. The Morgan fingerprint density at radius 2 is 2.05 bits per heavy atom. The predicted molar refractivity (Wildman–Crippen MR) is 87.9 cm³/mol. The Kier molecular flexibility index (Phi) is 5.57. The molecule has 0 aliphatic rings. The van der Waals surface area contributed by atoms with Crippen LogP contribution in [-0.4, -0.2) is 12.1 Å². The van der Waals surface area contributed by atoms with E-state index in [0.29, 0.717) is 5.88 Å². The SMILES string of the molecule is COc1cc(CNC(C)c2ccc(Br)cc2Br)ccn1. The average Bonchev–Trinajstić information content (AvgIpc) is 2.45. The lowest BCUT2D eigenvalue weighted by Gasteiger charge is -2.16. The number of pyridine rings is 1. The number of hydrogen-bond donors (Lipinski definition) is 1. The molecule has 106 valence electrons. The van der Waals surface area contributed by atoms with Gasteiger partial charge in [0, 0.05) is 33.8 Å². The summed E-state index contributed by atoms with van der Waals surface area (Å²) in [7, 11) is 1.63. The van der Waals surface area contributed by atoms with Crippen LogP contribution in [0.5, 0.6) is 5.88 Å². The van der Waals surface area contributed by atoms with E-state index in [1.165, 1.54) is 5.56 Å². The molecule has 1 aromatic carbocycles. The molecule has 1 atom stereocenters. The van der Waals surface area contributed by atoms with Crippen molar-refractivity contribution >= 4 is 31.9 Å². The number of methoxy groups -OCH3 is 1. The molecule has 1 aromatic heterocycles. The molecule has 0 fully saturated rings. The highest BCUT2D eigenvalue weighted by Gasteiger charge is 2.09. The van der Waals surface area contributed by atoms with Crippen molar-refractivity contribution in [3.05, 3.63) is 56.6 Å². The van der Waals surface area contributed by atoms with Crippen molar-refractivity contribution in [1.82, 2.24) is 10.3 Å². The molecule has 0 aliphatic heterocycles. The third-order valence-electron chi connectivity index (χ3n) is 3.05. The highest BCUT2D eigenvalue weighted by atomic mass is 79.9. The number of nitrogens with zero attached hydrogens (tertiary/aromatic N) is 1. The van der Waals surface area contributed by atoms with Gasteiger partial charge in [0.2, 0.25) is 5.88 Å². The van der Waals surface area contributed by atoms with Crippen LogP contribution in [0.15, 0.2) is 45.5 Å². The van der Waals surface area contributed by atoms with E-state index >= 15 is 0 Å². The maximum Gasteiger partial charge on any atom is 0.213 e. The number of benzene rings is 1. The molecule has 5 heteroatoms. The average molecular weight is 400 g/mol. The van der Waals surface area contributed by atoms with Crippen LogP contribution in [0.25, 0.3) is 0 Å². The summed E-state index contributed by atoms with van der Waals surface area (Å²) in [4.78, 5) is 4.10. The second-order valence-corrected chi connectivity index (χ2v) is 6.24. The first-order valence-corrected chi connectivity index (χ1v) is 7.86. The minimum Gasteiger partial charge on any atom is -0.481 e. The summed E-state index contributed by atoms with van der Waals surface area (Å²) in [6.45, 7) is 2.91. The summed E-state index contributed by atoms with van der Waals surface area (Å²) in [5.74, 6) is 0.641. The normalized spacial score (nSPS) is 12.2. The summed E-state index contributed by atoms with van der Waals surface area (Å²) in [5.41, 5.74) is 2.38. The Balaban J connectivity index is 2.02. The molecule has 2 aromatic rings. The Hall–Kier alpha value is -0.910. The quantitative estimate of drug-likeness (QED) is 0.805. The van der Waals surface area contributed by atoms with Crippen LogP contribution < -0.4 is 10.1 Å². The summed E-state index contributed by atoms with van der Waals surface area (Å²) < 4.78 is 7.29. The molecule has 1 unspecified atom stereocenters. The Morgan fingerprint density at radius 3 is 2.75 bits per heavy atom. The van der Waals surface area contributed by atoms with E-state index in [9.17, 15) is 0 Å². The van der Waals surface area contributed by atoms with E-state index in [2.05, 4.69) is 61.2 Å². The van der Waals surface area contributed by atoms with Gasteiger partial charge < -0.3 is 10.1 Å². The zero-order valence-corrected chi connectivity index (χ0v) is 14.5. The van der Waals surface area contributed by atoms with Crippen molar-refractivity contribution < 1.29 is 4.74 Å². The number of nitrogens with one attached hydrogen (secondary N) is 1. The lowest BCUT2D eigenvalue weighted by Crippen LogP contribution is -2.18. The maximum atomic E-state index is 5.13. The predicted octanol–water partition coefficient (Wildman–Crippen LogP) is 4.47. The van der Waals surface area contributed by atoms with Crippen molar-refractivity contribution in [3.8, 4) is 5.88 Å². The molecule has 1 heterocycles. The van der Waals surface area contributed by atoms with Crippen molar-refractivity contribution in [3.63, 3.8) is 0 Å². The Bertz CT molecular complexity index is 590. The molecule has 0 amide bonds. The van der Waals surface area contributed by atoms with E-state index in [4.69, 9.17) is 4.74 Å². The first kappa shape index (κ1) is 15.5. The van der Waals surface area contributed by atoms with Gasteiger partial charge in [0.05, 0.1) is 7.11 Å². The molecule has 0 saturated heterocycles. The molecule has 0 radical (unpaired) electrons. The van der Waals surface area contributed by atoms with Crippen LogP contribution >= 0.6 is 31.9 Å². The molecule has 0 aliphatic carbocycles. The van der Waals surface area contributed by atoms with Gasteiger partial charge in [-0.3, -0.25) is 0 Å². The van der Waals surface area contributed by atoms with Crippen LogP contribution in [0.1, 0.15) is 24.1 Å². The van der Waals surface area contributed by atoms with Gasteiger partial charge in [0.1, 0.15) is 0 Å². The van der Waals surface area contributed by atoms with Crippen LogP contribution in [0, 0.1) is 0 Å². The topological polar surface area (TPSA) is 34.1 Å². The van der Waals surface area contributed by atoms with Gasteiger partial charge in [-0.05, 0) is 36.2 Å². The summed E-state index contributed by atoms with van der Waals surface area (Å²) in [5, 5.41) is 3.50. The highest BCUT2D eigenvalue weighted by Crippen LogP contribution is 2.27. The van der Waals surface area contributed by atoms with Crippen LogP contribution in [0.4, 0.5) is 0 Å². The summed E-state index contributed by atoms with van der Waals surface area (Å²) in [6, 6.07) is 10.4. The molecule has 20 heavy (non-hydrogen) atoms. The fraction of sp³-hybridized carbons (Fsp3) is 0.267. The molecular formula is C15H16Br2N2O. The number of halogens is 2. The second-order valence-electron chi connectivity index (χ2n) is 4.47. The third kappa shape index (κ3) is 4.04. The molecule has 2 rings (SSSR count). The highest BCUT2D eigenvalue weighted by molar-refractivity contribution is 9.11. The van der Waals surface area contributed by atoms with Gasteiger partial charge in [0.15, 0.2) is 0 Å². The zero-order valence-electron chi connectivity index (χ0n) is 11.4. The molecule has 0 saturated carbocycles. The monoisotopic (exact) mass is 398 g/mol. The fourth-order valence-electron chi connectivity index (χ4n) is 1.91. The van der Waals surface area contributed by atoms with E-state index in [0.717, 1.165) is 21.1 Å². The van der Waals surface area contributed by atoms with Crippen LogP contribution in [0.2, 0.25) is 0 Å². The van der Waals surface area contributed by atoms with E-state index in [1.807, 2.05) is 18.2 Å². The van der Waals surface area contributed by atoms with Gasteiger partial charge in [-0.25, -0.2) is 4.98 Å². The zero-order chi connectivity index (χ0) is 14.5. The second kappa shape index (κ2) is 7.20. The van der Waals surface area contributed by atoms with E-state index in [1.54, 1.807) is 13.3 Å². The van der Waals surface area contributed by atoms with Crippen molar-refractivity contribution in [2.45, 2.75) is 19.5 Å². The lowest BCUT2D eigenvalue weighted by molar-refractivity contribution is 0.397. The number of rotatable bonds is 5. The maximum absolute atomic E-state index is 5.13.